The van der Waals surface area contributed by atoms with E-state index in [-0.39, 0.29) is 18.8 Å². The number of halogens is 2. The largest absolute Gasteiger partial charge is 0.379 e. The van der Waals surface area contributed by atoms with Crippen LogP contribution in [-0.4, -0.2) is 43.4 Å². The van der Waals surface area contributed by atoms with Crippen molar-refractivity contribution in [1.29, 1.82) is 0 Å². The molecular formula is C12H14F2N2O3. The van der Waals surface area contributed by atoms with E-state index in [0.29, 0.717) is 19.1 Å². The molecule has 7 heteroatoms. The van der Waals surface area contributed by atoms with Crippen LogP contribution in [0, 0.1) is 11.6 Å². The summed E-state index contributed by atoms with van der Waals surface area (Å²) in [6, 6.07) is 0.241. The molecule has 1 amide bonds. The molecule has 1 fully saturated rings. The molecule has 19 heavy (non-hydrogen) atoms. The topological polar surface area (TPSA) is 60.5 Å². The summed E-state index contributed by atoms with van der Waals surface area (Å²) >= 11 is 0. The maximum Gasteiger partial charge on any atom is 0.273 e. The molecule has 0 aromatic carbocycles. The first kappa shape index (κ1) is 13.8. The number of hydrogen-bond acceptors (Lipinski definition) is 4. The van der Waals surface area contributed by atoms with E-state index in [4.69, 9.17) is 9.47 Å². The number of carbonyl (C=O) groups is 1. The molecule has 1 aromatic rings. The van der Waals surface area contributed by atoms with Gasteiger partial charge in [0.2, 0.25) is 0 Å². The summed E-state index contributed by atoms with van der Waals surface area (Å²) in [6.07, 6.45) is 1.24. The molecule has 1 aliphatic heterocycles. The third-order valence-corrected chi connectivity index (χ3v) is 2.94. The molecule has 1 aliphatic rings. The van der Waals surface area contributed by atoms with Gasteiger partial charge in [0.1, 0.15) is 5.82 Å². The van der Waals surface area contributed by atoms with Crippen LogP contribution in [-0.2, 0) is 9.47 Å². The first-order chi connectivity index (χ1) is 9.11. The highest BCUT2D eigenvalue weighted by Crippen LogP contribution is 2.12. The van der Waals surface area contributed by atoms with Crippen LogP contribution in [0.15, 0.2) is 12.3 Å². The van der Waals surface area contributed by atoms with Gasteiger partial charge in [0, 0.05) is 19.8 Å². The Hall–Kier alpha value is -1.60. The molecule has 0 radical (unpaired) electrons. The highest BCUT2D eigenvalue weighted by Gasteiger charge is 2.28. The monoisotopic (exact) mass is 272 g/mol. The van der Waals surface area contributed by atoms with Gasteiger partial charge in [0.05, 0.1) is 24.9 Å². The minimum absolute atomic E-state index is 0.193. The fourth-order valence-electron chi connectivity index (χ4n) is 1.95. The maximum absolute atomic E-state index is 13.4. The summed E-state index contributed by atoms with van der Waals surface area (Å²) in [6.45, 7) is 0.834. The predicted molar refractivity (Wildman–Crippen MR) is 61.6 cm³/mol. The predicted octanol–water partition coefficient (Wildman–Crippen LogP) is 0.893. The van der Waals surface area contributed by atoms with Crippen molar-refractivity contribution in [1.82, 2.24) is 10.3 Å². The summed E-state index contributed by atoms with van der Waals surface area (Å²) in [7, 11) is 1.53. The van der Waals surface area contributed by atoms with E-state index in [9.17, 15) is 13.6 Å². The Morgan fingerprint density at radius 2 is 2.37 bits per heavy atom. The average Bonchev–Trinajstić information content (AvgIpc) is 2.39. The van der Waals surface area contributed by atoms with Gasteiger partial charge in [-0.15, -0.1) is 0 Å². The van der Waals surface area contributed by atoms with Crippen LogP contribution in [0.25, 0.3) is 0 Å². The molecule has 0 saturated carbocycles. The number of ether oxygens (including phenoxy) is 2. The normalized spacial score (nSPS) is 23.1. The van der Waals surface area contributed by atoms with Crippen LogP contribution in [0.1, 0.15) is 16.9 Å². The molecule has 104 valence electrons. The van der Waals surface area contributed by atoms with E-state index in [1.807, 2.05) is 0 Å². The number of aromatic nitrogens is 1. The average molecular weight is 272 g/mol. The van der Waals surface area contributed by atoms with E-state index in [1.54, 1.807) is 0 Å². The molecule has 0 aliphatic carbocycles. The van der Waals surface area contributed by atoms with Gasteiger partial charge >= 0.3 is 0 Å². The smallest absolute Gasteiger partial charge is 0.273 e. The number of nitrogens with zero attached hydrogens (tertiary/aromatic N) is 1. The number of rotatable bonds is 3. The Morgan fingerprint density at radius 3 is 3.05 bits per heavy atom. The zero-order chi connectivity index (χ0) is 13.8. The minimum atomic E-state index is -0.997. The Morgan fingerprint density at radius 1 is 1.58 bits per heavy atom. The third kappa shape index (κ3) is 3.24. The van der Waals surface area contributed by atoms with Crippen LogP contribution >= 0.6 is 0 Å². The van der Waals surface area contributed by atoms with Crippen molar-refractivity contribution in [2.45, 2.75) is 18.6 Å². The van der Waals surface area contributed by atoms with E-state index in [0.717, 1.165) is 6.20 Å². The molecule has 2 heterocycles. The molecule has 0 bridgehead atoms. The first-order valence-corrected chi connectivity index (χ1v) is 5.84. The quantitative estimate of drug-likeness (QED) is 0.888. The first-order valence-electron chi connectivity index (χ1n) is 5.84. The molecule has 2 rings (SSSR count). The molecule has 1 saturated heterocycles. The number of carbonyl (C=O) groups excluding carboxylic acids is 1. The van der Waals surface area contributed by atoms with Gasteiger partial charge in [-0.1, -0.05) is 0 Å². The SMILES string of the molecule is CO[C@@H]1CCOC[C@H]1NC(=O)c1ncc(F)cc1F. The Bertz CT molecular complexity index is 470. The van der Waals surface area contributed by atoms with Crippen molar-refractivity contribution in [3.8, 4) is 0 Å². The number of amides is 1. The van der Waals surface area contributed by atoms with Crippen molar-refractivity contribution >= 4 is 5.91 Å². The molecule has 1 aromatic heterocycles. The summed E-state index contributed by atoms with van der Waals surface area (Å²) in [5.74, 6) is -2.54. The zero-order valence-electron chi connectivity index (χ0n) is 10.4. The molecular weight excluding hydrogens is 258 g/mol. The number of hydrogen-bond donors (Lipinski definition) is 1. The molecule has 0 unspecified atom stereocenters. The maximum atomic E-state index is 13.4. The van der Waals surface area contributed by atoms with Crippen molar-refractivity contribution in [3.63, 3.8) is 0 Å². The van der Waals surface area contributed by atoms with Gasteiger partial charge in [0.25, 0.3) is 5.91 Å². The van der Waals surface area contributed by atoms with Gasteiger partial charge in [-0.25, -0.2) is 13.8 Å². The van der Waals surface area contributed by atoms with Gasteiger partial charge in [-0.2, -0.15) is 0 Å². The van der Waals surface area contributed by atoms with Gasteiger partial charge < -0.3 is 14.8 Å². The lowest BCUT2D eigenvalue weighted by Crippen LogP contribution is -2.50. The molecule has 1 N–H and O–H groups in total. The summed E-state index contributed by atoms with van der Waals surface area (Å²) < 4.78 is 36.6. The van der Waals surface area contributed by atoms with Crippen molar-refractivity contribution in [2.24, 2.45) is 0 Å². The van der Waals surface area contributed by atoms with Crippen LogP contribution in [0.4, 0.5) is 8.78 Å². The summed E-state index contributed by atoms with van der Waals surface area (Å²) in [5.41, 5.74) is -0.443. The second kappa shape index (κ2) is 6.03. The van der Waals surface area contributed by atoms with Crippen molar-refractivity contribution in [2.75, 3.05) is 20.3 Å². The number of pyridine rings is 1. The molecule has 0 spiro atoms. The van der Waals surface area contributed by atoms with Crippen molar-refractivity contribution in [3.05, 3.63) is 29.6 Å². The van der Waals surface area contributed by atoms with Gasteiger partial charge in [0.15, 0.2) is 11.5 Å². The lowest BCUT2D eigenvalue weighted by molar-refractivity contribution is -0.0350. The van der Waals surface area contributed by atoms with E-state index < -0.39 is 23.2 Å². The molecule has 2 atom stereocenters. The number of methoxy groups -OCH3 is 1. The van der Waals surface area contributed by atoms with Gasteiger partial charge in [-0.3, -0.25) is 4.79 Å². The Balaban J connectivity index is 2.07. The number of nitrogens with one attached hydrogen (secondary N) is 1. The van der Waals surface area contributed by atoms with Crippen molar-refractivity contribution < 1.29 is 23.0 Å². The minimum Gasteiger partial charge on any atom is -0.379 e. The second-order valence-electron chi connectivity index (χ2n) is 4.20. The fraction of sp³-hybridized carbons (Fsp3) is 0.500. The lowest BCUT2D eigenvalue weighted by atomic mass is 10.1. The lowest BCUT2D eigenvalue weighted by Gasteiger charge is -2.30. The van der Waals surface area contributed by atoms with E-state index in [2.05, 4.69) is 10.3 Å². The fourth-order valence-corrected chi connectivity index (χ4v) is 1.95. The highest BCUT2D eigenvalue weighted by atomic mass is 19.1. The highest BCUT2D eigenvalue weighted by molar-refractivity contribution is 5.92. The Labute approximate surface area is 108 Å². The molecule has 5 nitrogen and oxygen atoms in total. The standard InChI is InChI=1S/C12H14F2N2O3/c1-18-10-2-3-19-6-9(10)16-12(17)11-8(14)4-7(13)5-15-11/h4-5,9-10H,2-3,6H2,1H3,(H,16,17)/t9-,10-/m1/s1. The van der Waals surface area contributed by atoms with Gasteiger partial charge in [-0.05, 0) is 6.42 Å². The zero-order valence-corrected chi connectivity index (χ0v) is 10.4. The summed E-state index contributed by atoms with van der Waals surface area (Å²) in [5, 5.41) is 2.58. The second-order valence-corrected chi connectivity index (χ2v) is 4.20. The van der Waals surface area contributed by atoms with E-state index >= 15 is 0 Å². The van der Waals surface area contributed by atoms with E-state index in [1.165, 1.54) is 7.11 Å². The third-order valence-electron chi connectivity index (χ3n) is 2.94. The van der Waals surface area contributed by atoms with Crippen LogP contribution in [0.2, 0.25) is 0 Å². The van der Waals surface area contributed by atoms with Crippen LogP contribution in [0.3, 0.4) is 0 Å². The summed E-state index contributed by atoms with van der Waals surface area (Å²) in [4.78, 5) is 15.3. The van der Waals surface area contributed by atoms with Crippen LogP contribution < -0.4 is 5.32 Å². The van der Waals surface area contributed by atoms with Crippen LogP contribution in [0.5, 0.6) is 0 Å². The Kier molecular flexibility index (Phi) is 4.39.